The number of rotatable bonds is 7. The molecule has 1 unspecified atom stereocenters. The van der Waals surface area contributed by atoms with Gasteiger partial charge in [-0.15, -0.1) is 0 Å². The summed E-state index contributed by atoms with van der Waals surface area (Å²) in [4.78, 5) is 27.7. The second kappa shape index (κ2) is 9.87. The van der Waals surface area contributed by atoms with E-state index in [1.807, 2.05) is 61.5 Å². The number of carbonyl (C=O) groups excluding carboxylic acids is 2. The van der Waals surface area contributed by atoms with E-state index in [4.69, 9.17) is 0 Å². The number of hydrogen-bond acceptors (Lipinski definition) is 2. The third-order valence-electron chi connectivity index (χ3n) is 5.31. The van der Waals surface area contributed by atoms with Crippen LogP contribution in [0.4, 0.5) is 0 Å². The van der Waals surface area contributed by atoms with Gasteiger partial charge < -0.3 is 10.2 Å². The lowest BCUT2D eigenvalue weighted by Crippen LogP contribution is -2.50. The normalized spacial score (nSPS) is 15.2. The van der Waals surface area contributed by atoms with Crippen LogP contribution in [0.15, 0.2) is 59.1 Å². The van der Waals surface area contributed by atoms with E-state index in [1.54, 1.807) is 4.90 Å². The average Bonchev–Trinajstić information content (AvgIpc) is 3.19. The number of nitrogens with one attached hydrogen (secondary N) is 1. The summed E-state index contributed by atoms with van der Waals surface area (Å²) in [5.74, 6) is -0.108. The largest absolute Gasteiger partial charge is 0.352 e. The monoisotopic (exact) mass is 442 g/mol. The molecule has 1 aliphatic rings. The fourth-order valence-electron chi connectivity index (χ4n) is 3.68. The van der Waals surface area contributed by atoms with Gasteiger partial charge in [0.15, 0.2) is 0 Å². The summed E-state index contributed by atoms with van der Waals surface area (Å²) in [6.07, 6.45) is 4.67. The molecule has 1 saturated carbocycles. The van der Waals surface area contributed by atoms with Gasteiger partial charge in [0.25, 0.3) is 0 Å². The summed E-state index contributed by atoms with van der Waals surface area (Å²) in [6.45, 7) is 2.23. The van der Waals surface area contributed by atoms with Gasteiger partial charge in [0.05, 0.1) is 6.42 Å². The van der Waals surface area contributed by atoms with Crippen molar-refractivity contribution in [3.63, 3.8) is 0 Å². The molecule has 0 bridgehead atoms. The van der Waals surface area contributed by atoms with Crippen LogP contribution in [0.5, 0.6) is 0 Å². The van der Waals surface area contributed by atoms with Gasteiger partial charge in [0.1, 0.15) is 6.04 Å². The first-order valence-electron chi connectivity index (χ1n) is 9.91. The molecule has 0 saturated heterocycles. The maximum absolute atomic E-state index is 13.1. The van der Waals surface area contributed by atoms with Crippen molar-refractivity contribution in [3.8, 4) is 0 Å². The summed E-state index contributed by atoms with van der Waals surface area (Å²) < 4.78 is 0.962. The summed E-state index contributed by atoms with van der Waals surface area (Å²) >= 11 is 3.48. The number of nitrogens with zero attached hydrogens (tertiary/aromatic N) is 1. The molecule has 148 valence electrons. The third-order valence-corrected chi connectivity index (χ3v) is 5.80. The van der Waals surface area contributed by atoms with E-state index in [-0.39, 0.29) is 24.3 Å². The standard InChI is InChI=1S/C23H27BrN2O2/c1-17(23(28)25-21-12-5-6-13-21)26(16-19-10-7-11-20(24)14-19)22(27)15-18-8-3-2-4-9-18/h2-4,7-11,14,17,21H,5-6,12-13,15-16H2,1H3,(H,25,28). The minimum absolute atomic E-state index is 0.0414. The van der Waals surface area contributed by atoms with Crippen molar-refractivity contribution >= 4 is 27.7 Å². The highest BCUT2D eigenvalue weighted by Crippen LogP contribution is 2.19. The van der Waals surface area contributed by atoms with Crippen molar-refractivity contribution in [2.24, 2.45) is 0 Å². The van der Waals surface area contributed by atoms with Crippen molar-refractivity contribution in [2.45, 2.75) is 57.7 Å². The predicted molar refractivity (Wildman–Crippen MR) is 115 cm³/mol. The van der Waals surface area contributed by atoms with Gasteiger partial charge >= 0.3 is 0 Å². The van der Waals surface area contributed by atoms with Crippen LogP contribution < -0.4 is 5.32 Å². The van der Waals surface area contributed by atoms with Gasteiger partial charge in [-0.3, -0.25) is 9.59 Å². The van der Waals surface area contributed by atoms with E-state index in [0.717, 1.165) is 41.3 Å². The van der Waals surface area contributed by atoms with Gasteiger partial charge in [0, 0.05) is 17.1 Å². The fraction of sp³-hybridized carbons (Fsp3) is 0.391. The van der Waals surface area contributed by atoms with Gasteiger partial charge in [-0.1, -0.05) is 71.2 Å². The SMILES string of the molecule is CC(C(=O)NC1CCCC1)N(Cc1cccc(Br)c1)C(=O)Cc1ccccc1. The molecular weight excluding hydrogens is 416 g/mol. The molecule has 1 aliphatic carbocycles. The van der Waals surface area contributed by atoms with E-state index in [2.05, 4.69) is 21.2 Å². The summed E-state index contributed by atoms with van der Waals surface area (Å²) in [7, 11) is 0. The molecule has 2 aromatic carbocycles. The lowest BCUT2D eigenvalue weighted by Gasteiger charge is -2.30. The Morgan fingerprint density at radius 1 is 1.07 bits per heavy atom. The highest BCUT2D eigenvalue weighted by Gasteiger charge is 2.28. The van der Waals surface area contributed by atoms with E-state index in [1.165, 1.54) is 0 Å². The van der Waals surface area contributed by atoms with Crippen LogP contribution >= 0.6 is 15.9 Å². The van der Waals surface area contributed by atoms with Crippen molar-refractivity contribution in [1.29, 1.82) is 0 Å². The Morgan fingerprint density at radius 3 is 2.43 bits per heavy atom. The molecule has 0 heterocycles. The molecule has 0 radical (unpaired) electrons. The number of carbonyl (C=O) groups is 2. The van der Waals surface area contributed by atoms with Crippen molar-refractivity contribution in [2.75, 3.05) is 0 Å². The highest BCUT2D eigenvalue weighted by molar-refractivity contribution is 9.10. The Labute approximate surface area is 175 Å². The highest BCUT2D eigenvalue weighted by atomic mass is 79.9. The molecule has 3 rings (SSSR count). The van der Waals surface area contributed by atoms with Gasteiger partial charge in [-0.2, -0.15) is 0 Å². The Kier molecular flexibility index (Phi) is 7.26. The van der Waals surface area contributed by atoms with Crippen molar-refractivity contribution in [3.05, 3.63) is 70.2 Å². The number of benzene rings is 2. The molecule has 4 nitrogen and oxygen atoms in total. The Hall–Kier alpha value is -2.14. The van der Waals surface area contributed by atoms with Crippen LogP contribution in [0.3, 0.4) is 0 Å². The van der Waals surface area contributed by atoms with Crippen LogP contribution in [0, 0.1) is 0 Å². The van der Waals surface area contributed by atoms with Crippen molar-refractivity contribution < 1.29 is 9.59 Å². The smallest absolute Gasteiger partial charge is 0.242 e. The van der Waals surface area contributed by atoms with Crippen LogP contribution in [0.2, 0.25) is 0 Å². The quantitative estimate of drug-likeness (QED) is 0.687. The lowest BCUT2D eigenvalue weighted by atomic mass is 10.1. The maximum Gasteiger partial charge on any atom is 0.242 e. The first-order valence-corrected chi connectivity index (χ1v) is 10.7. The van der Waals surface area contributed by atoms with Crippen molar-refractivity contribution in [1.82, 2.24) is 10.2 Å². The van der Waals surface area contributed by atoms with E-state index in [0.29, 0.717) is 6.54 Å². The van der Waals surface area contributed by atoms with E-state index in [9.17, 15) is 9.59 Å². The van der Waals surface area contributed by atoms with Gasteiger partial charge in [0.2, 0.25) is 11.8 Å². The van der Waals surface area contributed by atoms with E-state index < -0.39 is 6.04 Å². The molecule has 0 aromatic heterocycles. The molecular formula is C23H27BrN2O2. The zero-order valence-electron chi connectivity index (χ0n) is 16.2. The molecule has 2 amide bonds. The minimum atomic E-state index is -0.518. The average molecular weight is 443 g/mol. The molecule has 0 aliphatic heterocycles. The van der Waals surface area contributed by atoms with Crippen LogP contribution in [0.25, 0.3) is 0 Å². The number of halogens is 1. The van der Waals surface area contributed by atoms with Gasteiger partial charge in [-0.25, -0.2) is 0 Å². The molecule has 1 N–H and O–H groups in total. The molecule has 1 atom stereocenters. The Bertz CT molecular complexity index is 803. The number of amides is 2. The summed E-state index contributed by atoms with van der Waals surface area (Å²) in [5, 5.41) is 3.13. The predicted octanol–water partition coefficient (Wildman–Crippen LogP) is 4.47. The second-order valence-corrected chi connectivity index (χ2v) is 8.40. The number of hydrogen-bond donors (Lipinski definition) is 1. The maximum atomic E-state index is 13.1. The van der Waals surface area contributed by atoms with Gasteiger partial charge in [-0.05, 0) is 43.0 Å². The molecule has 0 spiro atoms. The van der Waals surface area contributed by atoms with E-state index >= 15 is 0 Å². The fourth-order valence-corrected chi connectivity index (χ4v) is 4.13. The molecule has 1 fully saturated rings. The topological polar surface area (TPSA) is 49.4 Å². The zero-order valence-corrected chi connectivity index (χ0v) is 17.8. The lowest BCUT2D eigenvalue weighted by molar-refractivity contribution is -0.140. The molecule has 5 heteroatoms. The molecule has 28 heavy (non-hydrogen) atoms. The molecule has 2 aromatic rings. The third kappa shape index (κ3) is 5.68. The first kappa shape index (κ1) is 20.6. The summed E-state index contributed by atoms with van der Waals surface area (Å²) in [6, 6.07) is 17.3. The van der Waals surface area contributed by atoms with Crippen LogP contribution in [0.1, 0.15) is 43.7 Å². The summed E-state index contributed by atoms with van der Waals surface area (Å²) in [5.41, 5.74) is 1.95. The van der Waals surface area contributed by atoms with Crippen LogP contribution in [-0.4, -0.2) is 28.8 Å². The Morgan fingerprint density at radius 2 is 1.75 bits per heavy atom. The second-order valence-electron chi connectivity index (χ2n) is 7.48. The van der Waals surface area contributed by atoms with Crippen LogP contribution in [-0.2, 0) is 22.6 Å². The zero-order chi connectivity index (χ0) is 19.9. The minimum Gasteiger partial charge on any atom is -0.352 e. The Balaban J connectivity index is 1.76. The first-order chi connectivity index (χ1) is 13.5.